The van der Waals surface area contributed by atoms with Crippen molar-refractivity contribution >= 4 is 11.6 Å². The number of carbonyl (C=O) groups excluding carboxylic acids is 1. The molecule has 0 saturated heterocycles. The Labute approximate surface area is 95.6 Å². The fourth-order valence-electron chi connectivity index (χ4n) is 1.39. The zero-order valence-corrected chi connectivity index (χ0v) is 9.66. The number of hydrogen-bond acceptors (Lipinski definition) is 3. The Bertz CT molecular complexity index is 339. The van der Waals surface area contributed by atoms with Crippen molar-refractivity contribution in [2.45, 2.75) is 6.42 Å². The van der Waals surface area contributed by atoms with Crippen molar-refractivity contribution in [3.05, 3.63) is 29.8 Å². The molecular formula is C12H17NO3. The number of methoxy groups -OCH3 is 2. The van der Waals surface area contributed by atoms with Crippen LogP contribution in [0.25, 0.3) is 0 Å². The van der Waals surface area contributed by atoms with Gasteiger partial charge in [0.25, 0.3) is 0 Å². The molecule has 1 amide bonds. The number of nitrogens with one attached hydrogen (secondary N) is 1. The summed E-state index contributed by atoms with van der Waals surface area (Å²) in [6, 6.07) is 7.68. The van der Waals surface area contributed by atoms with Gasteiger partial charge < -0.3 is 14.8 Å². The lowest BCUT2D eigenvalue weighted by atomic mass is 10.1. The lowest BCUT2D eigenvalue weighted by Crippen LogP contribution is -2.18. The van der Waals surface area contributed by atoms with Crippen molar-refractivity contribution in [3.63, 3.8) is 0 Å². The minimum atomic E-state index is -0.146. The Kier molecular flexibility index (Phi) is 5.53. The largest absolute Gasteiger partial charge is 0.384 e. The standard InChI is InChI=1S/C12H17NO3/c1-15-8-7-10-5-3-4-6-11(10)13-12(14)9-16-2/h3-6H,7-9H2,1-2H3,(H,13,14). The highest BCUT2D eigenvalue weighted by atomic mass is 16.5. The van der Waals surface area contributed by atoms with Gasteiger partial charge in [0.15, 0.2) is 0 Å². The third-order valence-corrected chi connectivity index (χ3v) is 2.14. The van der Waals surface area contributed by atoms with Crippen LogP contribution in [0.15, 0.2) is 24.3 Å². The number of carbonyl (C=O) groups is 1. The van der Waals surface area contributed by atoms with E-state index in [1.54, 1.807) is 7.11 Å². The monoisotopic (exact) mass is 223 g/mol. The molecule has 0 unspecified atom stereocenters. The van der Waals surface area contributed by atoms with E-state index in [0.717, 1.165) is 17.7 Å². The predicted octanol–water partition coefficient (Wildman–Crippen LogP) is 1.46. The van der Waals surface area contributed by atoms with E-state index in [-0.39, 0.29) is 12.5 Å². The van der Waals surface area contributed by atoms with Gasteiger partial charge in [-0.3, -0.25) is 4.79 Å². The lowest BCUT2D eigenvalue weighted by Gasteiger charge is -2.10. The Morgan fingerprint density at radius 3 is 2.69 bits per heavy atom. The van der Waals surface area contributed by atoms with Crippen LogP contribution in [-0.2, 0) is 20.7 Å². The number of ether oxygens (including phenoxy) is 2. The van der Waals surface area contributed by atoms with Crippen molar-refractivity contribution in [3.8, 4) is 0 Å². The summed E-state index contributed by atoms with van der Waals surface area (Å²) in [5.74, 6) is -0.146. The van der Waals surface area contributed by atoms with Gasteiger partial charge >= 0.3 is 0 Å². The quantitative estimate of drug-likeness (QED) is 0.794. The van der Waals surface area contributed by atoms with E-state index in [1.807, 2.05) is 24.3 Å². The summed E-state index contributed by atoms with van der Waals surface area (Å²) in [5.41, 5.74) is 1.88. The topological polar surface area (TPSA) is 47.6 Å². The molecular weight excluding hydrogens is 206 g/mol. The van der Waals surface area contributed by atoms with E-state index >= 15 is 0 Å². The molecule has 16 heavy (non-hydrogen) atoms. The van der Waals surface area contributed by atoms with E-state index in [2.05, 4.69) is 5.32 Å². The Morgan fingerprint density at radius 1 is 1.25 bits per heavy atom. The molecule has 0 spiro atoms. The first kappa shape index (κ1) is 12.7. The van der Waals surface area contributed by atoms with Crippen molar-refractivity contribution in [1.29, 1.82) is 0 Å². The second kappa shape index (κ2) is 6.98. The van der Waals surface area contributed by atoms with Crippen LogP contribution in [0.2, 0.25) is 0 Å². The minimum Gasteiger partial charge on any atom is -0.384 e. The summed E-state index contributed by atoms with van der Waals surface area (Å²) < 4.78 is 9.78. The number of rotatable bonds is 6. The minimum absolute atomic E-state index is 0.0681. The van der Waals surface area contributed by atoms with Crippen LogP contribution in [0.3, 0.4) is 0 Å². The number of para-hydroxylation sites is 1. The molecule has 4 nitrogen and oxygen atoms in total. The fourth-order valence-corrected chi connectivity index (χ4v) is 1.39. The second-order valence-corrected chi connectivity index (χ2v) is 3.38. The average molecular weight is 223 g/mol. The van der Waals surface area contributed by atoms with Gasteiger partial charge in [0.1, 0.15) is 6.61 Å². The van der Waals surface area contributed by atoms with Crippen molar-refractivity contribution in [1.82, 2.24) is 0 Å². The summed E-state index contributed by atoms with van der Waals surface area (Å²) >= 11 is 0. The van der Waals surface area contributed by atoms with Gasteiger partial charge in [-0.2, -0.15) is 0 Å². The van der Waals surface area contributed by atoms with Crippen molar-refractivity contribution in [2.75, 3.05) is 32.8 Å². The summed E-state index contributed by atoms with van der Waals surface area (Å²) in [4.78, 5) is 11.4. The summed E-state index contributed by atoms with van der Waals surface area (Å²) in [7, 11) is 3.16. The number of anilines is 1. The first-order valence-corrected chi connectivity index (χ1v) is 5.13. The zero-order valence-electron chi connectivity index (χ0n) is 9.66. The highest BCUT2D eigenvalue weighted by Crippen LogP contribution is 2.15. The van der Waals surface area contributed by atoms with Crippen LogP contribution < -0.4 is 5.32 Å². The smallest absolute Gasteiger partial charge is 0.250 e. The van der Waals surface area contributed by atoms with Crippen molar-refractivity contribution in [2.24, 2.45) is 0 Å². The van der Waals surface area contributed by atoms with Gasteiger partial charge in [0.05, 0.1) is 6.61 Å². The van der Waals surface area contributed by atoms with Crippen molar-refractivity contribution < 1.29 is 14.3 Å². The van der Waals surface area contributed by atoms with Gasteiger partial charge in [-0.25, -0.2) is 0 Å². The van der Waals surface area contributed by atoms with E-state index in [9.17, 15) is 4.79 Å². The molecule has 0 radical (unpaired) electrons. The molecule has 0 aliphatic rings. The summed E-state index contributed by atoms with van der Waals surface area (Å²) in [6.07, 6.45) is 0.778. The van der Waals surface area contributed by atoms with Gasteiger partial charge in [-0.15, -0.1) is 0 Å². The predicted molar refractivity (Wildman–Crippen MR) is 62.5 cm³/mol. The molecule has 0 heterocycles. The summed E-state index contributed by atoms with van der Waals surface area (Å²) in [5, 5.41) is 2.80. The maximum absolute atomic E-state index is 11.4. The average Bonchev–Trinajstić information content (AvgIpc) is 2.28. The van der Waals surface area contributed by atoms with Crippen LogP contribution in [-0.4, -0.2) is 33.3 Å². The van der Waals surface area contributed by atoms with E-state index in [0.29, 0.717) is 6.61 Å². The third-order valence-electron chi connectivity index (χ3n) is 2.14. The molecule has 0 fully saturated rings. The number of benzene rings is 1. The lowest BCUT2D eigenvalue weighted by molar-refractivity contribution is -0.119. The van der Waals surface area contributed by atoms with Crippen LogP contribution in [0.1, 0.15) is 5.56 Å². The van der Waals surface area contributed by atoms with E-state index in [1.165, 1.54) is 7.11 Å². The van der Waals surface area contributed by atoms with Gasteiger partial charge in [0, 0.05) is 19.9 Å². The summed E-state index contributed by atoms with van der Waals surface area (Å²) in [6.45, 7) is 0.704. The number of hydrogen-bond donors (Lipinski definition) is 1. The highest BCUT2D eigenvalue weighted by Gasteiger charge is 2.05. The first-order valence-electron chi connectivity index (χ1n) is 5.13. The van der Waals surface area contributed by atoms with Gasteiger partial charge in [-0.05, 0) is 18.1 Å². The maximum atomic E-state index is 11.4. The highest BCUT2D eigenvalue weighted by molar-refractivity contribution is 5.92. The Hall–Kier alpha value is -1.39. The van der Waals surface area contributed by atoms with Crippen LogP contribution >= 0.6 is 0 Å². The molecule has 0 saturated carbocycles. The molecule has 0 bridgehead atoms. The SMILES string of the molecule is COCCc1ccccc1NC(=O)COC. The van der Waals surface area contributed by atoms with Gasteiger partial charge in [-0.1, -0.05) is 18.2 Å². The molecule has 1 aromatic carbocycles. The van der Waals surface area contributed by atoms with E-state index < -0.39 is 0 Å². The fraction of sp³-hybridized carbons (Fsp3) is 0.417. The first-order chi connectivity index (χ1) is 7.77. The normalized spacial score (nSPS) is 10.1. The molecule has 1 aromatic rings. The molecule has 1 rings (SSSR count). The molecule has 0 aromatic heterocycles. The Balaban J connectivity index is 2.66. The molecule has 4 heteroatoms. The van der Waals surface area contributed by atoms with Crippen LogP contribution in [0.5, 0.6) is 0 Å². The van der Waals surface area contributed by atoms with Crippen LogP contribution in [0, 0.1) is 0 Å². The molecule has 0 aliphatic carbocycles. The zero-order chi connectivity index (χ0) is 11.8. The van der Waals surface area contributed by atoms with Gasteiger partial charge in [0.2, 0.25) is 5.91 Å². The maximum Gasteiger partial charge on any atom is 0.250 e. The third kappa shape index (κ3) is 4.00. The van der Waals surface area contributed by atoms with E-state index in [4.69, 9.17) is 9.47 Å². The number of amides is 1. The molecule has 0 atom stereocenters. The molecule has 88 valence electrons. The molecule has 0 aliphatic heterocycles. The second-order valence-electron chi connectivity index (χ2n) is 3.38. The molecule has 1 N–H and O–H groups in total. The van der Waals surface area contributed by atoms with Crippen LogP contribution in [0.4, 0.5) is 5.69 Å². The Morgan fingerprint density at radius 2 is 2.00 bits per heavy atom.